The largest absolute Gasteiger partial charge is 0.477 e. The number of hydrogen-bond donors (Lipinski definition) is 1. The van der Waals surface area contributed by atoms with Gasteiger partial charge >= 0.3 is 5.97 Å². The summed E-state index contributed by atoms with van der Waals surface area (Å²) in [5, 5.41) is 9.04. The normalized spacial score (nSPS) is 21.0. The zero-order valence-corrected chi connectivity index (χ0v) is 13.0. The highest BCUT2D eigenvalue weighted by molar-refractivity contribution is 7.91. The third kappa shape index (κ3) is 2.73. The van der Waals surface area contributed by atoms with Gasteiger partial charge in [-0.25, -0.2) is 13.2 Å². The molecule has 1 aromatic heterocycles. The Balaban J connectivity index is 2.39. The lowest BCUT2D eigenvalue weighted by molar-refractivity contribution is 0.0315. The van der Waals surface area contributed by atoms with Crippen molar-refractivity contribution >= 4 is 27.3 Å². The van der Waals surface area contributed by atoms with Crippen molar-refractivity contribution in [3.05, 3.63) is 16.5 Å². The predicted molar refractivity (Wildman–Crippen MR) is 74.8 cm³/mol. The van der Waals surface area contributed by atoms with E-state index in [1.807, 2.05) is 6.92 Å². The third-order valence-electron chi connectivity index (χ3n) is 3.30. The molecule has 0 aromatic carbocycles. The molecule has 0 radical (unpaired) electrons. The van der Waals surface area contributed by atoms with E-state index in [1.54, 1.807) is 6.92 Å². The molecular formula is C12H17NO5S2. The average molecular weight is 319 g/mol. The number of carbonyl (C=O) groups is 1. The molecule has 2 rings (SSSR count). The van der Waals surface area contributed by atoms with Gasteiger partial charge in [0.25, 0.3) is 10.0 Å². The number of rotatable bonds is 4. The van der Waals surface area contributed by atoms with E-state index in [9.17, 15) is 13.2 Å². The molecule has 1 fully saturated rings. The second-order valence-corrected chi connectivity index (χ2v) is 7.81. The fourth-order valence-electron chi connectivity index (χ4n) is 2.19. The Morgan fingerprint density at radius 2 is 2.30 bits per heavy atom. The molecule has 6 nitrogen and oxygen atoms in total. The van der Waals surface area contributed by atoms with Crippen molar-refractivity contribution in [2.75, 3.05) is 19.8 Å². The van der Waals surface area contributed by atoms with Crippen molar-refractivity contribution in [1.29, 1.82) is 0 Å². The SMILES string of the molecule is CCC1COCCN1S(=O)(=O)c1cc(C)c(C(=O)O)s1. The Labute approximate surface area is 122 Å². The topological polar surface area (TPSA) is 83.9 Å². The van der Waals surface area contributed by atoms with E-state index >= 15 is 0 Å². The Bertz CT molecular complexity index is 607. The highest BCUT2D eigenvalue weighted by Crippen LogP contribution is 2.30. The summed E-state index contributed by atoms with van der Waals surface area (Å²) in [5.74, 6) is -1.09. The van der Waals surface area contributed by atoms with E-state index in [4.69, 9.17) is 9.84 Å². The molecule has 0 bridgehead atoms. The van der Waals surface area contributed by atoms with Gasteiger partial charge in [0.05, 0.1) is 13.2 Å². The van der Waals surface area contributed by atoms with Crippen LogP contribution in [0.1, 0.15) is 28.6 Å². The number of carboxylic acids is 1. The summed E-state index contributed by atoms with van der Waals surface area (Å²) < 4.78 is 32.1. The number of carboxylic acid groups (broad SMARTS) is 1. The second kappa shape index (κ2) is 5.80. The predicted octanol–water partition coefficient (Wildman–Crippen LogP) is 1.55. The zero-order chi connectivity index (χ0) is 14.9. The van der Waals surface area contributed by atoms with E-state index in [0.29, 0.717) is 31.7 Å². The molecule has 2 heterocycles. The number of thiophene rings is 1. The Hall–Kier alpha value is -0.960. The van der Waals surface area contributed by atoms with Crippen molar-refractivity contribution in [2.45, 2.75) is 30.5 Å². The first-order chi connectivity index (χ1) is 9.37. The summed E-state index contributed by atoms with van der Waals surface area (Å²) in [4.78, 5) is 11.1. The molecule has 1 N–H and O–H groups in total. The van der Waals surface area contributed by atoms with Crippen LogP contribution in [-0.2, 0) is 14.8 Å². The molecule has 1 aliphatic rings. The molecule has 1 saturated heterocycles. The first-order valence-electron chi connectivity index (χ1n) is 6.31. The maximum absolute atomic E-state index is 12.6. The van der Waals surface area contributed by atoms with Gasteiger partial charge in [0.15, 0.2) is 0 Å². The Morgan fingerprint density at radius 3 is 2.85 bits per heavy atom. The van der Waals surface area contributed by atoms with Crippen molar-refractivity contribution in [3.8, 4) is 0 Å². The van der Waals surface area contributed by atoms with E-state index in [0.717, 1.165) is 11.3 Å². The lowest BCUT2D eigenvalue weighted by Gasteiger charge is -2.33. The van der Waals surface area contributed by atoms with Crippen LogP contribution in [0.2, 0.25) is 0 Å². The van der Waals surface area contributed by atoms with Crippen LogP contribution in [-0.4, -0.2) is 49.6 Å². The summed E-state index contributed by atoms with van der Waals surface area (Å²) in [7, 11) is -3.65. The lowest BCUT2D eigenvalue weighted by Crippen LogP contribution is -2.48. The van der Waals surface area contributed by atoms with E-state index in [1.165, 1.54) is 10.4 Å². The van der Waals surface area contributed by atoms with E-state index < -0.39 is 16.0 Å². The molecule has 0 spiro atoms. The van der Waals surface area contributed by atoms with Crippen LogP contribution >= 0.6 is 11.3 Å². The quantitative estimate of drug-likeness (QED) is 0.910. The van der Waals surface area contributed by atoms with Crippen LogP contribution in [0, 0.1) is 6.92 Å². The van der Waals surface area contributed by atoms with Gasteiger partial charge in [-0.05, 0) is 25.0 Å². The molecule has 8 heteroatoms. The maximum Gasteiger partial charge on any atom is 0.346 e. The summed E-state index contributed by atoms with van der Waals surface area (Å²) in [6.07, 6.45) is 0.662. The van der Waals surface area contributed by atoms with Gasteiger partial charge < -0.3 is 9.84 Å². The van der Waals surface area contributed by atoms with Crippen LogP contribution in [0.5, 0.6) is 0 Å². The molecule has 1 aromatic rings. The van der Waals surface area contributed by atoms with E-state index in [-0.39, 0.29) is 15.1 Å². The minimum absolute atomic E-state index is 0.0740. The average Bonchev–Trinajstić information content (AvgIpc) is 2.81. The molecular weight excluding hydrogens is 302 g/mol. The van der Waals surface area contributed by atoms with Crippen molar-refractivity contribution in [3.63, 3.8) is 0 Å². The number of hydrogen-bond acceptors (Lipinski definition) is 5. The summed E-state index contributed by atoms with van der Waals surface area (Å²) in [5.41, 5.74) is 0.474. The standard InChI is InChI=1S/C12H17NO5S2/c1-3-9-7-18-5-4-13(9)20(16,17)10-6-8(2)11(19-10)12(14)15/h6,9H,3-5,7H2,1-2H3,(H,14,15). The molecule has 0 aliphatic carbocycles. The van der Waals surface area contributed by atoms with Gasteiger partial charge in [-0.1, -0.05) is 6.92 Å². The second-order valence-electron chi connectivity index (χ2n) is 4.64. The zero-order valence-electron chi connectivity index (χ0n) is 11.3. The highest BCUT2D eigenvalue weighted by Gasteiger charge is 2.34. The van der Waals surface area contributed by atoms with Gasteiger partial charge in [-0.2, -0.15) is 4.31 Å². The first kappa shape index (κ1) is 15.4. The Kier molecular flexibility index (Phi) is 4.48. The Morgan fingerprint density at radius 1 is 1.60 bits per heavy atom. The van der Waals surface area contributed by atoms with Gasteiger partial charge in [0, 0.05) is 12.6 Å². The van der Waals surface area contributed by atoms with Gasteiger partial charge in [0.1, 0.15) is 9.09 Å². The van der Waals surface area contributed by atoms with Gasteiger partial charge in [-0.3, -0.25) is 0 Å². The fourth-order valence-corrected chi connectivity index (χ4v) is 5.36. The molecule has 0 saturated carbocycles. The highest BCUT2D eigenvalue weighted by atomic mass is 32.2. The van der Waals surface area contributed by atoms with Gasteiger partial charge in [0.2, 0.25) is 0 Å². The molecule has 1 atom stereocenters. The van der Waals surface area contributed by atoms with Crippen molar-refractivity contribution in [1.82, 2.24) is 4.31 Å². The van der Waals surface area contributed by atoms with Crippen LogP contribution in [0.15, 0.2) is 10.3 Å². The number of morpholine rings is 1. The molecule has 1 aliphatic heterocycles. The number of aryl methyl sites for hydroxylation is 1. The first-order valence-corrected chi connectivity index (χ1v) is 8.57. The molecule has 20 heavy (non-hydrogen) atoms. The van der Waals surface area contributed by atoms with Crippen LogP contribution in [0.4, 0.5) is 0 Å². The number of aromatic carboxylic acids is 1. The minimum Gasteiger partial charge on any atom is -0.477 e. The van der Waals surface area contributed by atoms with Crippen LogP contribution in [0.3, 0.4) is 0 Å². The monoisotopic (exact) mass is 319 g/mol. The summed E-state index contributed by atoms with van der Waals surface area (Å²) in [6.45, 7) is 4.57. The smallest absolute Gasteiger partial charge is 0.346 e. The van der Waals surface area contributed by atoms with Crippen LogP contribution < -0.4 is 0 Å². The number of ether oxygens (including phenoxy) is 1. The van der Waals surface area contributed by atoms with Crippen molar-refractivity contribution < 1.29 is 23.1 Å². The minimum atomic E-state index is -3.65. The third-order valence-corrected chi connectivity index (χ3v) is 6.92. The number of sulfonamides is 1. The lowest BCUT2D eigenvalue weighted by atomic mass is 10.2. The maximum atomic E-state index is 12.6. The summed E-state index contributed by atoms with van der Waals surface area (Å²) >= 11 is 0.811. The molecule has 0 amide bonds. The summed E-state index contributed by atoms with van der Waals surface area (Å²) in [6, 6.07) is 1.25. The van der Waals surface area contributed by atoms with E-state index in [2.05, 4.69) is 0 Å². The van der Waals surface area contributed by atoms with Gasteiger partial charge in [-0.15, -0.1) is 11.3 Å². The van der Waals surface area contributed by atoms with Crippen LogP contribution in [0.25, 0.3) is 0 Å². The number of nitrogens with zero attached hydrogens (tertiary/aromatic N) is 1. The molecule has 1 unspecified atom stereocenters. The molecule has 112 valence electrons. The fraction of sp³-hybridized carbons (Fsp3) is 0.583. The van der Waals surface area contributed by atoms with Crippen molar-refractivity contribution in [2.24, 2.45) is 0 Å².